The number of nitrogens with one attached hydrogen (secondary N) is 2. The van der Waals surface area contributed by atoms with Gasteiger partial charge in [0.25, 0.3) is 0 Å². The molecule has 0 bridgehead atoms. The van der Waals surface area contributed by atoms with Crippen molar-refractivity contribution in [2.24, 2.45) is 4.99 Å². The first kappa shape index (κ1) is 25.1. The number of aliphatic imine (C=N–C) groups is 1. The van der Waals surface area contributed by atoms with Gasteiger partial charge in [0.1, 0.15) is 0 Å². The van der Waals surface area contributed by atoms with Crippen LogP contribution in [0, 0.1) is 0 Å². The van der Waals surface area contributed by atoms with Gasteiger partial charge in [-0.05, 0) is 44.4 Å². The van der Waals surface area contributed by atoms with Crippen LogP contribution in [0.4, 0.5) is 0 Å². The van der Waals surface area contributed by atoms with Crippen LogP contribution in [0.5, 0.6) is 0 Å². The molecule has 0 spiro atoms. The summed E-state index contributed by atoms with van der Waals surface area (Å²) in [5.74, 6) is 0.696. The van der Waals surface area contributed by atoms with E-state index in [4.69, 9.17) is 4.74 Å². The molecule has 9 heteroatoms. The van der Waals surface area contributed by atoms with Crippen molar-refractivity contribution in [1.29, 1.82) is 0 Å². The summed E-state index contributed by atoms with van der Waals surface area (Å²) < 4.78 is 32.6. The Kier molecular flexibility index (Phi) is 12.0. The van der Waals surface area contributed by atoms with Crippen LogP contribution in [-0.2, 0) is 21.3 Å². The zero-order valence-electron chi connectivity index (χ0n) is 16.8. The largest absolute Gasteiger partial charge is 0.380 e. The maximum absolute atomic E-state index is 12.8. The number of rotatable bonds is 9. The fraction of sp³-hybridized carbons (Fsp3) is 0.632. The van der Waals surface area contributed by atoms with Gasteiger partial charge in [0, 0.05) is 32.8 Å². The van der Waals surface area contributed by atoms with Gasteiger partial charge in [-0.15, -0.1) is 24.0 Å². The summed E-state index contributed by atoms with van der Waals surface area (Å²) in [6.45, 7) is 8.33. The lowest BCUT2D eigenvalue weighted by atomic mass is 10.2. The molecule has 2 rings (SSSR count). The molecule has 0 atom stereocenters. The summed E-state index contributed by atoms with van der Waals surface area (Å²) in [7, 11) is -3.42. The molecule has 1 aliphatic heterocycles. The molecule has 0 saturated carbocycles. The lowest BCUT2D eigenvalue weighted by molar-refractivity contribution is 0.152. The molecule has 1 aromatic carbocycles. The number of nitrogens with zero attached hydrogens (tertiary/aromatic N) is 2. The second-order valence-corrected chi connectivity index (χ2v) is 8.37. The molecule has 2 N–H and O–H groups in total. The van der Waals surface area contributed by atoms with E-state index in [2.05, 4.69) is 15.6 Å². The third-order valence-corrected chi connectivity index (χ3v) is 6.25. The molecule has 1 aromatic rings. The van der Waals surface area contributed by atoms with Crippen LogP contribution in [0.1, 0.15) is 38.7 Å². The lowest BCUT2D eigenvalue weighted by Crippen LogP contribution is -2.39. The van der Waals surface area contributed by atoms with E-state index in [1.165, 1.54) is 0 Å². The summed E-state index contributed by atoms with van der Waals surface area (Å²) in [5.41, 5.74) is 0.870. The van der Waals surface area contributed by atoms with Crippen LogP contribution in [0.2, 0.25) is 0 Å². The predicted octanol–water partition coefficient (Wildman–Crippen LogP) is 2.57. The van der Waals surface area contributed by atoms with Gasteiger partial charge in [0.05, 0.1) is 18.0 Å². The highest BCUT2D eigenvalue weighted by Crippen LogP contribution is 2.21. The van der Waals surface area contributed by atoms with E-state index in [0.717, 1.165) is 31.4 Å². The van der Waals surface area contributed by atoms with Crippen LogP contribution in [0.3, 0.4) is 0 Å². The van der Waals surface area contributed by atoms with E-state index >= 15 is 0 Å². The Morgan fingerprint density at radius 1 is 1.18 bits per heavy atom. The highest BCUT2D eigenvalue weighted by molar-refractivity contribution is 14.0. The zero-order chi connectivity index (χ0) is 19.5. The maximum atomic E-state index is 12.8. The third-order valence-electron chi connectivity index (χ3n) is 4.36. The fourth-order valence-electron chi connectivity index (χ4n) is 2.96. The standard InChI is InChI=1S/C19H32N4O3S.HI/c1-3-20-19(21-11-14-26-4-2)22-16-17-9-8-10-18(15-17)27(24,25)23-12-6-5-7-13-23;/h8-10,15H,3-7,11-14,16H2,1-2H3,(H2,20,21,22);1H. The summed E-state index contributed by atoms with van der Waals surface area (Å²) >= 11 is 0. The number of sulfonamides is 1. The fourth-order valence-corrected chi connectivity index (χ4v) is 4.54. The molecule has 1 fully saturated rings. The van der Waals surface area contributed by atoms with Crippen molar-refractivity contribution in [3.8, 4) is 0 Å². The normalized spacial score (nSPS) is 15.7. The Labute approximate surface area is 186 Å². The number of halogens is 1. The van der Waals surface area contributed by atoms with Gasteiger partial charge in [-0.2, -0.15) is 4.31 Å². The number of ether oxygens (including phenoxy) is 1. The van der Waals surface area contributed by atoms with Gasteiger partial charge in [-0.3, -0.25) is 0 Å². The summed E-state index contributed by atoms with van der Waals surface area (Å²) in [4.78, 5) is 4.90. The molecule has 1 heterocycles. The van der Waals surface area contributed by atoms with Crippen molar-refractivity contribution in [2.45, 2.75) is 44.6 Å². The van der Waals surface area contributed by atoms with Crippen LogP contribution in [-0.4, -0.2) is 58.1 Å². The quantitative estimate of drug-likeness (QED) is 0.225. The average Bonchev–Trinajstić information content (AvgIpc) is 2.70. The molecular weight excluding hydrogens is 491 g/mol. The minimum absolute atomic E-state index is 0. The van der Waals surface area contributed by atoms with Crippen molar-refractivity contribution in [1.82, 2.24) is 14.9 Å². The van der Waals surface area contributed by atoms with Crippen LogP contribution in [0.15, 0.2) is 34.2 Å². The molecule has 28 heavy (non-hydrogen) atoms. The zero-order valence-corrected chi connectivity index (χ0v) is 20.0. The molecule has 1 saturated heterocycles. The van der Waals surface area contributed by atoms with Crippen LogP contribution in [0.25, 0.3) is 0 Å². The second kappa shape index (κ2) is 13.3. The number of hydrogen-bond acceptors (Lipinski definition) is 4. The summed E-state index contributed by atoms with van der Waals surface area (Å²) in [5, 5.41) is 6.39. The van der Waals surface area contributed by atoms with Crippen LogP contribution < -0.4 is 10.6 Å². The van der Waals surface area contributed by atoms with E-state index in [9.17, 15) is 8.42 Å². The van der Waals surface area contributed by atoms with E-state index in [1.807, 2.05) is 19.9 Å². The van der Waals surface area contributed by atoms with Crippen molar-refractivity contribution in [3.05, 3.63) is 29.8 Å². The van der Waals surface area contributed by atoms with Crippen molar-refractivity contribution in [3.63, 3.8) is 0 Å². The Hall–Kier alpha value is -0.910. The monoisotopic (exact) mass is 524 g/mol. The van der Waals surface area contributed by atoms with E-state index in [-0.39, 0.29) is 24.0 Å². The van der Waals surface area contributed by atoms with E-state index in [1.54, 1.807) is 22.5 Å². The van der Waals surface area contributed by atoms with Gasteiger partial charge >= 0.3 is 0 Å². The minimum atomic E-state index is -3.42. The van der Waals surface area contributed by atoms with Crippen molar-refractivity contribution >= 4 is 40.0 Å². The van der Waals surface area contributed by atoms with Gasteiger partial charge in [0.2, 0.25) is 10.0 Å². The maximum Gasteiger partial charge on any atom is 0.243 e. The van der Waals surface area contributed by atoms with Crippen molar-refractivity contribution < 1.29 is 13.2 Å². The first-order valence-electron chi connectivity index (χ1n) is 9.77. The van der Waals surface area contributed by atoms with E-state index < -0.39 is 10.0 Å². The van der Waals surface area contributed by atoms with Gasteiger partial charge < -0.3 is 15.4 Å². The first-order valence-corrected chi connectivity index (χ1v) is 11.2. The summed E-state index contributed by atoms with van der Waals surface area (Å²) in [6.07, 6.45) is 2.97. The molecule has 0 amide bonds. The average molecular weight is 524 g/mol. The SMILES string of the molecule is CCNC(=NCc1cccc(S(=O)(=O)N2CCCCC2)c1)NCCOCC.I. The van der Waals surface area contributed by atoms with Gasteiger partial charge in [-0.25, -0.2) is 13.4 Å². The molecule has 0 unspecified atom stereocenters. The second-order valence-electron chi connectivity index (χ2n) is 6.43. The molecule has 7 nitrogen and oxygen atoms in total. The smallest absolute Gasteiger partial charge is 0.243 e. The lowest BCUT2D eigenvalue weighted by Gasteiger charge is -2.26. The first-order chi connectivity index (χ1) is 13.1. The Bertz CT molecular complexity index is 707. The topological polar surface area (TPSA) is 83.0 Å². The van der Waals surface area contributed by atoms with Crippen molar-refractivity contribution in [2.75, 3.05) is 39.4 Å². The highest BCUT2D eigenvalue weighted by atomic mass is 127. The van der Waals surface area contributed by atoms with Gasteiger partial charge in [0.15, 0.2) is 5.96 Å². The summed E-state index contributed by atoms with van der Waals surface area (Å²) in [6, 6.07) is 7.10. The molecular formula is C19H33IN4O3S. The Morgan fingerprint density at radius 3 is 2.61 bits per heavy atom. The highest BCUT2D eigenvalue weighted by Gasteiger charge is 2.25. The number of guanidine groups is 1. The number of benzene rings is 1. The minimum Gasteiger partial charge on any atom is -0.380 e. The number of hydrogen-bond donors (Lipinski definition) is 2. The molecule has 160 valence electrons. The number of piperidine rings is 1. The predicted molar refractivity (Wildman–Crippen MR) is 124 cm³/mol. The molecule has 1 aliphatic rings. The third kappa shape index (κ3) is 7.84. The van der Waals surface area contributed by atoms with E-state index in [0.29, 0.717) is 50.2 Å². The molecule has 0 aromatic heterocycles. The molecule has 0 radical (unpaired) electrons. The molecule has 0 aliphatic carbocycles. The van der Waals surface area contributed by atoms with Gasteiger partial charge in [-0.1, -0.05) is 18.6 Å². The Morgan fingerprint density at radius 2 is 1.93 bits per heavy atom. The Balaban J connectivity index is 0.00000392. The van der Waals surface area contributed by atoms with Crippen LogP contribution >= 0.6 is 24.0 Å².